The first kappa shape index (κ1) is 10.6. The molecule has 3 nitrogen and oxygen atoms in total. The molecule has 0 aliphatic rings. The Morgan fingerprint density at radius 1 is 1.57 bits per heavy atom. The molecule has 0 saturated heterocycles. The van der Waals surface area contributed by atoms with Crippen LogP contribution in [-0.2, 0) is 0 Å². The van der Waals surface area contributed by atoms with Crippen molar-refractivity contribution in [1.29, 1.82) is 0 Å². The molecular formula is C9H9F2NO2. The van der Waals surface area contributed by atoms with Gasteiger partial charge in [0.25, 0.3) is 6.43 Å². The molecule has 1 rings (SSSR count). The van der Waals surface area contributed by atoms with Crippen molar-refractivity contribution in [2.24, 2.45) is 0 Å². The van der Waals surface area contributed by atoms with Gasteiger partial charge in [0.1, 0.15) is 17.1 Å². The van der Waals surface area contributed by atoms with Crippen LogP contribution in [0, 0.1) is 6.92 Å². The summed E-state index contributed by atoms with van der Waals surface area (Å²) in [6.07, 6.45) is -2.30. The largest absolute Gasteiger partial charge is 0.495 e. The highest BCUT2D eigenvalue weighted by Gasteiger charge is 2.17. The number of aromatic nitrogens is 1. The number of alkyl halides is 2. The lowest BCUT2D eigenvalue weighted by Gasteiger charge is -2.08. The number of aryl methyl sites for hydroxylation is 1. The summed E-state index contributed by atoms with van der Waals surface area (Å²) in [5.41, 5.74) is 0.0301. The second-order valence-corrected chi connectivity index (χ2v) is 2.70. The zero-order valence-electron chi connectivity index (χ0n) is 7.75. The van der Waals surface area contributed by atoms with Crippen molar-refractivity contribution in [2.75, 3.05) is 7.11 Å². The second kappa shape index (κ2) is 4.13. The van der Waals surface area contributed by atoms with Crippen molar-refractivity contribution in [3.63, 3.8) is 0 Å². The van der Waals surface area contributed by atoms with Crippen molar-refractivity contribution in [1.82, 2.24) is 4.98 Å². The first-order valence-corrected chi connectivity index (χ1v) is 3.89. The van der Waals surface area contributed by atoms with Crippen LogP contribution >= 0.6 is 0 Å². The highest BCUT2D eigenvalue weighted by atomic mass is 19.3. The fourth-order valence-corrected chi connectivity index (χ4v) is 1.06. The van der Waals surface area contributed by atoms with E-state index in [1.54, 1.807) is 6.92 Å². The number of aldehydes is 1. The Bertz CT molecular complexity index is 353. The molecule has 0 fully saturated rings. The van der Waals surface area contributed by atoms with E-state index in [1.165, 1.54) is 13.2 Å². The molecule has 1 heterocycles. The SMILES string of the molecule is COc1cc(C)c(C=O)nc1C(F)F. The van der Waals surface area contributed by atoms with Crippen LogP contribution in [0.3, 0.4) is 0 Å². The van der Waals surface area contributed by atoms with Crippen LogP contribution in [0.25, 0.3) is 0 Å². The third kappa shape index (κ3) is 1.86. The number of hydrogen-bond donors (Lipinski definition) is 0. The minimum Gasteiger partial charge on any atom is -0.495 e. The molecule has 0 bridgehead atoms. The van der Waals surface area contributed by atoms with E-state index in [0.717, 1.165) is 0 Å². The van der Waals surface area contributed by atoms with Gasteiger partial charge in [-0.05, 0) is 18.6 Å². The number of rotatable bonds is 3. The van der Waals surface area contributed by atoms with Crippen LogP contribution in [-0.4, -0.2) is 18.4 Å². The molecule has 0 N–H and O–H groups in total. The molecule has 0 radical (unpaired) electrons. The summed E-state index contributed by atoms with van der Waals surface area (Å²) in [4.78, 5) is 14.0. The number of carbonyl (C=O) groups excluding carboxylic acids is 1. The van der Waals surface area contributed by atoms with E-state index in [-0.39, 0.29) is 11.4 Å². The summed E-state index contributed by atoms with van der Waals surface area (Å²) in [7, 11) is 1.28. The monoisotopic (exact) mass is 201 g/mol. The van der Waals surface area contributed by atoms with Crippen molar-refractivity contribution in [2.45, 2.75) is 13.3 Å². The van der Waals surface area contributed by atoms with E-state index in [1.807, 2.05) is 0 Å². The Morgan fingerprint density at radius 2 is 2.21 bits per heavy atom. The third-order valence-electron chi connectivity index (χ3n) is 1.78. The van der Waals surface area contributed by atoms with Gasteiger partial charge in [-0.2, -0.15) is 0 Å². The fraction of sp³-hybridized carbons (Fsp3) is 0.333. The van der Waals surface area contributed by atoms with Gasteiger partial charge in [0.15, 0.2) is 6.29 Å². The lowest BCUT2D eigenvalue weighted by Crippen LogP contribution is -2.02. The predicted molar refractivity (Wildman–Crippen MR) is 45.9 cm³/mol. The van der Waals surface area contributed by atoms with Crippen molar-refractivity contribution < 1.29 is 18.3 Å². The Kier molecular flexibility index (Phi) is 3.11. The summed E-state index contributed by atoms with van der Waals surface area (Å²) in [6.45, 7) is 1.61. The average molecular weight is 201 g/mol. The number of hydrogen-bond acceptors (Lipinski definition) is 3. The topological polar surface area (TPSA) is 39.2 Å². The van der Waals surface area contributed by atoms with Crippen LogP contribution in [0.1, 0.15) is 28.2 Å². The van der Waals surface area contributed by atoms with Gasteiger partial charge in [0.05, 0.1) is 7.11 Å². The van der Waals surface area contributed by atoms with E-state index in [0.29, 0.717) is 11.8 Å². The van der Waals surface area contributed by atoms with Gasteiger partial charge in [0, 0.05) is 0 Å². The molecule has 14 heavy (non-hydrogen) atoms. The molecule has 0 atom stereocenters. The number of pyridine rings is 1. The van der Waals surface area contributed by atoms with Gasteiger partial charge in [-0.15, -0.1) is 0 Å². The number of ether oxygens (including phenoxy) is 1. The summed E-state index contributed by atoms with van der Waals surface area (Å²) in [5.74, 6) is 0.00287. The molecule has 0 spiro atoms. The Hall–Kier alpha value is -1.52. The van der Waals surface area contributed by atoms with Crippen molar-refractivity contribution in [3.05, 3.63) is 23.0 Å². The van der Waals surface area contributed by atoms with Crippen molar-refractivity contribution in [3.8, 4) is 5.75 Å². The highest BCUT2D eigenvalue weighted by Crippen LogP contribution is 2.28. The normalized spacial score (nSPS) is 10.4. The molecule has 76 valence electrons. The summed E-state index contributed by atoms with van der Waals surface area (Å²) in [5, 5.41) is 0. The van der Waals surface area contributed by atoms with Crippen LogP contribution < -0.4 is 4.74 Å². The van der Waals surface area contributed by atoms with E-state index in [9.17, 15) is 13.6 Å². The van der Waals surface area contributed by atoms with Crippen LogP contribution in [0.2, 0.25) is 0 Å². The smallest absolute Gasteiger partial charge is 0.284 e. The quantitative estimate of drug-likeness (QED) is 0.703. The third-order valence-corrected chi connectivity index (χ3v) is 1.78. The van der Waals surface area contributed by atoms with Gasteiger partial charge in [0.2, 0.25) is 0 Å². The van der Waals surface area contributed by atoms with Crippen LogP contribution in [0.15, 0.2) is 6.07 Å². The first-order valence-electron chi connectivity index (χ1n) is 3.89. The van der Waals surface area contributed by atoms with Gasteiger partial charge < -0.3 is 4.74 Å². The minimum atomic E-state index is -2.75. The molecule has 0 aromatic carbocycles. The zero-order valence-corrected chi connectivity index (χ0v) is 7.75. The molecular weight excluding hydrogens is 192 g/mol. The Labute approximate surface area is 79.7 Å². The fourth-order valence-electron chi connectivity index (χ4n) is 1.06. The molecule has 0 aliphatic heterocycles. The van der Waals surface area contributed by atoms with Gasteiger partial charge in [-0.1, -0.05) is 0 Å². The number of methoxy groups -OCH3 is 1. The van der Waals surface area contributed by atoms with Gasteiger partial charge >= 0.3 is 0 Å². The lowest BCUT2D eigenvalue weighted by molar-refractivity contribution is 0.111. The van der Waals surface area contributed by atoms with Gasteiger partial charge in [-0.3, -0.25) is 4.79 Å². The number of halogens is 2. The first-order chi connectivity index (χ1) is 6.60. The van der Waals surface area contributed by atoms with Gasteiger partial charge in [-0.25, -0.2) is 13.8 Å². The maximum absolute atomic E-state index is 12.4. The molecule has 0 amide bonds. The zero-order chi connectivity index (χ0) is 10.7. The summed E-state index contributed by atoms with van der Waals surface area (Å²) >= 11 is 0. The average Bonchev–Trinajstić information content (AvgIpc) is 2.16. The molecule has 0 unspecified atom stereocenters. The molecule has 1 aromatic rings. The van der Waals surface area contributed by atoms with E-state index >= 15 is 0 Å². The van der Waals surface area contributed by atoms with E-state index < -0.39 is 12.1 Å². The summed E-state index contributed by atoms with van der Waals surface area (Å²) in [6, 6.07) is 1.37. The maximum Gasteiger partial charge on any atom is 0.284 e. The molecule has 0 aliphatic carbocycles. The second-order valence-electron chi connectivity index (χ2n) is 2.70. The number of carbonyl (C=O) groups is 1. The molecule has 5 heteroatoms. The standard InChI is InChI=1S/C9H9F2NO2/c1-5-3-7(14-2)8(9(10)11)12-6(5)4-13/h3-4,9H,1-2H3. The predicted octanol–water partition coefficient (Wildman–Crippen LogP) is 2.15. The lowest BCUT2D eigenvalue weighted by atomic mass is 10.2. The maximum atomic E-state index is 12.4. The van der Waals surface area contributed by atoms with Crippen molar-refractivity contribution >= 4 is 6.29 Å². The van der Waals surface area contributed by atoms with Crippen LogP contribution in [0.5, 0.6) is 5.75 Å². The molecule has 1 aromatic heterocycles. The number of nitrogens with zero attached hydrogens (tertiary/aromatic N) is 1. The van der Waals surface area contributed by atoms with Crippen LogP contribution in [0.4, 0.5) is 8.78 Å². The Balaban J connectivity index is 3.32. The summed E-state index contributed by atoms with van der Waals surface area (Å²) < 4.78 is 29.5. The highest BCUT2D eigenvalue weighted by molar-refractivity contribution is 5.74. The van der Waals surface area contributed by atoms with E-state index in [4.69, 9.17) is 4.74 Å². The Morgan fingerprint density at radius 3 is 2.64 bits per heavy atom. The molecule has 0 saturated carbocycles. The van der Waals surface area contributed by atoms with E-state index in [2.05, 4.69) is 4.98 Å². The minimum absolute atomic E-state index is 0.00287.